The molecule has 1 aromatic heterocycles. The number of amides is 1. The van der Waals surface area contributed by atoms with Crippen LogP contribution < -0.4 is 5.32 Å². The van der Waals surface area contributed by atoms with Crippen LogP contribution in [0.4, 0.5) is 0 Å². The topological polar surface area (TPSA) is 88.8 Å². The third kappa shape index (κ3) is 4.49. The maximum Gasteiger partial charge on any atom is 0.303 e. The van der Waals surface area contributed by atoms with E-state index in [0.29, 0.717) is 33.9 Å². The van der Waals surface area contributed by atoms with Gasteiger partial charge in [-0.3, -0.25) is 9.59 Å². The van der Waals surface area contributed by atoms with Crippen molar-refractivity contribution in [2.75, 3.05) is 13.7 Å². The minimum atomic E-state index is -0.908. The largest absolute Gasteiger partial charge is 0.481 e. The molecule has 1 aromatic carbocycles. The third-order valence-electron chi connectivity index (χ3n) is 3.52. The molecule has 0 spiro atoms. The van der Waals surface area contributed by atoms with Gasteiger partial charge in [-0.2, -0.15) is 0 Å². The van der Waals surface area contributed by atoms with Crippen molar-refractivity contribution in [1.29, 1.82) is 0 Å². The van der Waals surface area contributed by atoms with Gasteiger partial charge in [-0.15, -0.1) is 0 Å². The van der Waals surface area contributed by atoms with Gasteiger partial charge in [0.2, 0.25) is 0 Å². The van der Waals surface area contributed by atoms with Gasteiger partial charge in [-0.25, -0.2) is 0 Å². The zero-order chi connectivity index (χ0) is 17.9. The molecule has 0 saturated heterocycles. The van der Waals surface area contributed by atoms with Crippen LogP contribution in [0.25, 0.3) is 11.0 Å². The molecule has 0 radical (unpaired) electrons. The Morgan fingerprint density at radius 3 is 2.67 bits per heavy atom. The van der Waals surface area contributed by atoms with Gasteiger partial charge in [0.15, 0.2) is 0 Å². The number of aliphatic carboxylic acids is 1. The van der Waals surface area contributed by atoms with Gasteiger partial charge < -0.3 is 19.6 Å². The highest BCUT2D eigenvalue weighted by Crippen LogP contribution is 2.28. The Bertz CT molecular complexity index is 766. The van der Waals surface area contributed by atoms with Crippen LogP contribution in [0, 0.1) is 5.41 Å². The van der Waals surface area contributed by atoms with E-state index >= 15 is 0 Å². The van der Waals surface area contributed by atoms with Crippen molar-refractivity contribution >= 4 is 34.4 Å². The van der Waals surface area contributed by atoms with Crippen molar-refractivity contribution in [1.82, 2.24) is 5.32 Å². The van der Waals surface area contributed by atoms with E-state index in [0.717, 1.165) is 0 Å². The summed E-state index contributed by atoms with van der Waals surface area (Å²) in [4.78, 5) is 23.4. The van der Waals surface area contributed by atoms with Gasteiger partial charge in [-0.05, 0) is 23.6 Å². The Morgan fingerprint density at radius 1 is 1.33 bits per heavy atom. The number of carboxylic acid groups (broad SMARTS) is 1. The summed E-state index contributed by atoms with van der Waals surface area (Å²) in [6.07, 6.45) is -0.0447. The van der Waals surface area contributed by atoms with Crippen LogP contribution in [0.3, 0.4) is 0 Å². The molecule has 0 aliphatic carbocycles. The molecule has 1 amide bonds. The minimum absolute atomic E-state index is 0.0447. The molecule has 0 unspecified atom stereocenters. The first-order chi connectivity index (χ1) is 11.2. The lowest BCUT2D eigenvalue weighted by atomic mass is 9.89. The van der Waals surface area contributed by atoms with Crippen molar-refractivity contribution in [3.63, 3.8) is 0 Å². The van der Waals surface area contributed by atoms with Gasteiger partial charge in [0.05, 0.1) is 12.0 Å². The maximum absolute atomic E-state index is 12.5. The number of ether oxygens (including phenoxy) is 1. The Morgan fingerprint density at radius 2 is 2.04 bits per heavy atom. The summed E-state index contributed by atoms with van der Waals surface area (Å²) in [6.45, 7) is 4.06. The second-order valence-electron chi connectivity index (χ2n) is 6.43. The number of rotatable bonds is 7. The highest BCUT2D eigenvalue weighted by atomic mass is 35.5. The number of nitrogens with one attached hydrogen (secondary N) is 1. The van der Waals surface area contributed by atoms with Gasteiger partial charge in [0.1, 0.15) is 18.0 Å². The predicted octanol–water partition coefficient (Wildman–Crippen LogP) is 3.46. The van der Waals surface area contributed by atoms with E-state index in [1.807, 2.05) is 0 Å². The van der Waals surface area contributed by atoms with E-state index in [2.05, 4.69) is 5.32 Å². The Hall–Kier alpha value is -2.05. The monoisotopic (exact) mass is 353 g/mol. The van der Waals surface area contributed by atoms with Gasteiger partial charge in [-0.1, -0.05) is 25.4 Å². The van der Waals surface area contributed by atoms with Gasteiger partial charge >= 0.3 is 5.97 Å². The van der Waals surface area contributed by atoms with Crippen LogP contribution in [0.5, 0.6) is 0 Å². The Balaban J connectivity index is 2.24. The molecule has 0 saturated carbocycles. The Kier molecular flexibility index (Phi) is 5.51. The maximum atomic E-state index is 12.5. The molecule has 130 valence electrons. The summed E-state index contributed by atoms with van der Waals surface area (Å²) in [6, 6.07) is 5.02. The molecule has 0 fully saturated rings. The summed E-state index contributed by atoms with van der Waals surface area (Å²) in [5.41, 5.74) is 0.176. The fraction of sp³-hybridized carbons (Fsp3) is 0.412. The molecule has 0 aliphatic heterocycles. The number of halogens is 1. The molecule has 2 rings (SSSR count). The normalized spacial score (nSPS) is 11.7. The van der Waals surface area contributed by atoms with Crippen molar-refractivity contribution in [2.45, 2.75) is 26.9 Å². The summed E-state index contributed by atoms with van der Waals surface area (Å²) in [7, 11) is 1.55. The third-order valence-corrected chi connectivity index (χ3v) is 3.74. The number of hydrogen-bond donors (Lipinski definition) is 2. The number of carboxylic acids is 1. The number of hydrogen-bond acceptors (Lipinski definition) is 4. The number of benzene rings is 1. The van der Waals surface area contributed by atoms with Crippen LogP contribution in [-0.4, -0.2) is 30.6 Å². The molecule has 2 aromatic rings. The number of fused-ring (bicyclic) bond motifs is 1. The molecule has 24 heavy (non-hydrogen) atoms. The molecule has 0 aliphatic rings. The average Bonchev–Trinajstić information content (AvgIpc) is 2.85. The summed E-state index contributed by atoms with van der Waals surface area (Å²) in [5, 5.41) is 12.8. The zero-order valence-electron chi connectivity index (χ0n) is 13.8. The highest BCUT2D eigenvalue weighted by Gasteiger charge is 2.24. The van der Waals surface area contributed by atoms with Crippen molar-refractivity contribution < 1.29 is 23.8 Å². The molecular formula is C17H20ClNO5. The first-order valence-electron chi connectivity index (χ1n) is 7.43. The van der Waals surface area contributed by atoms with Crippen molar-refractivity contribution in [3.8, 4) is 0 Å². The van der Waals surface area contributed by atoms with Crippen LogP contribution in [0.1, 0.15) is 36.4 Å². The van der Waals surface area contributed by atoms with Crippen LogP contribution in [-0.2, 0) is 16.1 Å². The molecule has 0 bridgehead atoms. The fourth-order valence-corrected chi connectivity index (χ4v) is 2.67. The Labute approximate surface area is 144 Å². The fourth-order valence-electron chi connectivity index (χ4n) is 2.44. The number of methoxy groups -OCH3 is 1. The second-order valence-corrected chi connectivity index (χ2v) is 6.87. The number of furan rings is 1. The van der Waals surface area contributed by atoms with Crippen LogP contribution in [0.2, 0.25) is 5.02 Å². The quantitative estimate of drug-likeness (QED) is 0.795. The first kappa shape index (κ1) is 18.3. The minimum Gasteiger partial charge on any atom is -0.481 e. The van der Waals surface area contributed by atoms with E-state index in [-0.39, 0.29) is 18.9 Å². The van der Waals surface area contributed by atoms with E-state index < -0.39 is 11.4 Å². The summed E-state index contributed by atoms with van der Waals surface area (Å²) < 4.78 is 10.7. The standard InChI is InChI=1S/C17H20ClNO5/c1-17(2,7-14(20)21)9-19-16(22)13-6-11(18)4-10-5-12(8-23-3)24-15(10)13/h4-6H,7-9H2,1-3H3,(H,19,22)(H,20,21). The van der Waals surface area contributed by atoms with E-state index in [1.165, 1.54) is 6.07 Å². The lowest BCUT2D eigenvalue weighted by molar-refractivity contribution is -0.139. The van der Waals surface area contributed by atoms with E-state index in [9.17, 15) is 9.59 Å². The van der Waals surface area contributed by atoms with E-state index in [1.54, 1.807) is 33.1 Å². The highest BCUT2D eigenvalue weighted by molar-refractivity contribution is 6.32. The number of carbonyl (C=O) groups is 2. The zero-order valence-corrected chi connectivity index (χ0v) is 14.6. The van der Waals surface area contributed by atoms with Gasteiger partial charge in [0.25, 0.3) is 5.91 Å². The summed E-state index contributed by atoms with van der Waals surface area (Å²) in [5.74, 6) is -0.677. The molecule has 1 heterocycles. The molecule has 0 atom stereocenters. The average molecular weight is 354 g/mol. The van der Waals surface area contributed by atoms with E-state index in [4.69, 9.17) is 25.9 Å². The van der Waals surface area contributed by atoms with Crippen molar-refractivity contribution in [2.24, 2.45) is 5.41 Å². The van der Waals surface area contributed by atoms with Crippen molar-refractivity contribution in [3.05, 3.63) is 34.5 Å². The molecule has 6 nitrogen and oxygen atoms in total. The lowest BCUT2D eigenvalue weighted by Crippen LogP contribution is -2.35. The molecule has 7 heteroatoms. The second kappa shape index (κ2) is 7.23. The number of carbonyl (C=O) groups excluding carboxylic acids is 1. The van der Waals surface area contributed by atoms with Crippen LogP contribution >= 0.6 is 11.6 Å². The van der Waals surface area contributed by atoms with Crippen LogP contribution in [0.15, 0.2) is 22.6 Å². The molecular weight excluding hydrogens is 334 g/mol. The smallest absolute Gasteiger partial charge is 0.303 e. The summed E-state index contributed by atoms with van der Waals surface area (Å²) >= 11 is 6.08. The SMILES string of the molecule is COCc1cc2cc(Cl)cc(C(=O)NCC(C)(C)CC(=O)O)c2o1. The first-order valence-corrected chi connectivity index (χ1v) is 7.80. The molecule has 2 N–H and O–H groups in total. The van der Waals surface area contributed by atoms with Gasteiger partial charge in [0, 0.05) is 24.1 Å². The predicted molar refractivity (Wildman–Crippen MR) is 90.3 cm³/mol. The lowest BCUT2D eigenvalue weighted by Gasteiger charge is -2.22.